The van der Waals surface area contributed by atoms with Crippen LogP contribution < -0.4 is 4.74 Å². The molecule has 0 saturated carbocycles. The molecule has 106 heavy (non-hydrogen) atoms. The number of pyridine rings is 3. The van der Waals surface area contributed by atoms with E-state index >= 15 is 0 Å². The van der Waals surface area contributed by atoms with Crippen molar-refractivity contribution in [3.63, 3.8) is 0 Å². The highest BCUT2D eigenvalue weighted by molar-refractivity contribution is 9.11. The number of carbonyl (C=O) groups excluding carboxylic acids is 3. The number of halogens is 4. The number of benzene rings is 8. The van der Waals surface area contributed by atoms with Gasteiger partial charge in [0, 0.05) is 98.4 Å². The first-order chi connectivity index (χ1) is 51.6. The van der Waals surface area contributed by atoms with Crippen LogP contribution in [-0.2, 0) is 52.1 Å². The molecule has 6 aromatic heterocycles. The number of thiophene rings is 3. The van der Waals surface area contributed by atoms with Crippen LogP contribution in [0.1, 0.15) is 123 Å². The lowest BCUT2D eigenvalue weighted by molar-refractivity contribution is 0.0755. The maximum Gasteiger partial charge on any atom is 0.258 e. The predicted octanol–water partition coefficient (Wildman–Crippen LogP) is 20.9. The number of phenolic OH excluding ortho intramolecular Hbond substituents is 2. The Morgan fingerprint density at radius 1 is 0.453 bits per heavy atom. The minimum Gasteiger partial charge on any atom is -0.505 e. The molecule has 2 N–H and O–H groups in total. The van der Waals surface area contributed by atoms with Crippen LogP contribution in [-0.4, -0.2) is 57.6 Å². The summed E-state index contributed by atoms with van der Waals surface area (Å²) in [5, 5.41) is 24.4. The number of carbonyl (C=O) groups is 3. The molecule has 12 nitrogen and oxygen atoms in total. The van der Waals surface area contributed by atoms with E-state index in [0.29, 0.717) is 78.3 Å². The Kier molecular flexibility index (Phi) is 20.4. The fourth-order valence-corrected chi connectivity index (χ4v) is 17.0. The van der Waals surface area contributed by atoms with Crippen molar-refractivity contribution in [3.05, 3.63) is 348 Å². The summed E-state index contributed by atoms with van der Waals surface area (Å²) in [5.41, 5.74) is 12.6. The van der Waals surface area contributed by atoms with Gasteiger partial charge >= 0.3 is 0 Å². The van der Waals surface area contributed by atoms with Crippen molar-refractivity contribution in [2.45, 2.75) is 72.1 Å². The van der Waals surface area contributed by atoms with Crippen LogP contribution >= 0.6 is 49.9 Å². The number of aromatic nitrogens is 3. The van der Waals surface area contributed by atoms with Gasteiger partial charge in [-0.1, -0.05) is 127 Å². The van der Waals surface area contributed by atoms with Gasteiger partial charge in [-0.15, -0.1) is 34.0 Å². The average molecular weight is 1520 g/mol. The molecular weight excluding hydrogens is 1460 g/mol. The fraction of sp³-hybridized carbons (Fsp3) is 0.126. The van der Waals surface area contributed by atoms with Gasteiger partial charge in [0.15, 0.2) is 17.2 Å². The van der Waals surface area contributed by atoms with E-state index in [1.165, 1.54) is 51.0 Å². The van der Waals surface area contributed by atoms with Gasteiger partial charge < -0.3 is 29.6 Å². The molecule has 0 bridgehead atoms. The third-order valence-electron chi connectivity index (χ3n) is 19.1. The molecule has 14 aromatic rings. The van der Waals surface area contributed by atoms with Gasteiger partial charge in [-0.2, -0.15) is 0 Å². The van der Waals surface area contributed by atoms with E-state index in [1.807, 2.05) is 115 Å². The van der Waals surface area contributed by atoms with Gasteiger partial charge in [0.05, 0.1) is 20.5 Å². The summed E-state index contributed by atoms with van der Waals surface area (Å²) in [6.07, 6.45) is 14.3. The zero-order valence-electron chi connectivity index (χ0n) is 57.4. The number of hydrogen-bond donors (Lipinski definition) is 2. The Hall–Kier alpha value is -11.4. The number of aromatic hydroxyl groups is 2. The van der Waals surface area contributed by atoms with E-state index in [2.05, 4.69) is 82.2 Å². The van der Waals surface area contributed by atoms with Gasteiger partial charge in [-0.25, -0.2) is 13.2 Å². The van der Waals surface area contributed by atoms with Gasteiger partial charge in [0.1, 0.15) is 40.1 Å². The van der Waals surface area contributed by atoms with E-state index in [4.69, 9.17) is 9.72 Å². The molecule has 8 aromatic carbocycles. The summed E-state index contributed by atoms with van der Waals surface area (Å²) in [7, 11) is 0. The zero-order chi connectivity index (χ0) is 73.1. The van der Waals surface area contributed by atoms with Gasteiger partial charge in [-0.3, -0.25) is 29.3 Å². The second-order valence-corrected chi connectivity index (χ2v) is 31.2. The summed E-state index contributed by atoms with van der Waals surface area (Å²) in [4.78, 5) is 65.4. The van der Waals surface area contributed by atoms with E-state index in [1.54, 1.807) is 104 Å². The molecular formula is C87H66BrF3N6O6S3. The van der Waals surface area contributed by atoms with Crippen LogP contribution in [0.15, 0.2) is 229 Å². The second kappa shape index (κ2) is 30.8. The molecule has 0 unspecified atom stereocenters. The predicted molar refractivity (Wildman–Crippen MR) is 419 cm³/mol. The first kappa shape index (κ1) is 70.3. The third kappa shape index (κ3) is 14.8. The quantitative estimate of drug-likeness (QED) is 0.0908. The van der Waals surface area contributed by atoms with Crippen molar-refractivity contribution in [2.75, 3.05) is 0 Å². The molecule has 0 saturated heterocycles. The van der Waals surface area contributed by atoms with Crippen molar-refractivity contribution < 1.29 is 42.5 Å². The Balaban J connectivity index is 0.000000130. The highest BCUT2D eigenvalue weighted by Gasteiger charge is 2.39. The van der Waals surface area contributed by atoms with Crippen molar-refractivity contribution >= 4 is 125 Å². The van der Waals surface area contributed by atoms with Crippen LogP contribution in [0, 0.1) is 31.3 Å². The summed E-state index contributed by atoms with van der Waals surface area (Å²) < 4.78 is 48.2. The Bertz CT molecular complexity index is 5690. The van der Waals surface area contributed by atoms with Crippen LogP contribution in [0.4, 0.5) is 13.2 Å². The van der Waals surface area contributed by atoms with Gasteiger partial charge in [-0.05, 0) is 207 Å². The Morgan fingerprint density at radius 2 is 0.877 bits per heavy atom. The monoisotopic (exact) mass is 1520 g/mol. The minimum absolute atomic E-state index is 0.0482. The molecule has 0 atom stereocenters. The van der Waals surface area contributed by atoms with Crippen LogP contribution in [0.3, 0.4) is 0 Å². The normalized spacial score (nSPS) is 13.2. The maximum absolute atomic E-state index is 14.3. The molecule has 19 heteroatoms. The second-order valence-electron chi connectivity index (χ2n) is 26.0. The zero-order valence-corrected chi connectivity index (χ0v) is 61.4. The first-order valence-corrected chi connectivity index (χ1v) is 37.6. The van der Waals surface area contributed by atoms with Crippen LogP contribution in [0.5, 0.6) is 17.2 Å². The molecule has 0 radical (unpaired) electrons. The van der Waals surface area contributed by atoms with Crippen molar-refractivity contribution in [1.82, 2.24) is 29.7 Å². The number of phenols is 2. The van der Waals surface area contributed by atoms with Crippen molar-refractivity contribution in [3.8, 4) is 17.2 Å². The highest BCUT2D eigenvalue weighted by atomic mass is 79.9. The number of nitrogens with zero attached hydrogens (tertiary/aromatic N) is 6. The Labute approximate surface area is 630 Å². The van der Waals surface area contributed by atoms with Gasteiger partial charge in [0.25, 0.3) is 17.7 Å². The maximum atomic E-state index is 14.3. The fourth-order valence-electron chi connectivity index (χ4n) is 14.0. The van der Waals surface area contributed by atoms with Gasteiger partial charge in [0.2, 0.25) is 0 Å². The molecule has 3 aliphatic heterocycles. The molecule has 17 rings (SSSR count). The molecule has 0 spiro atoms. The summed E-state index contributed by atoms with van der Waals surface area (Å²) in [6.45, 7) is 6.38. The third-order valence-corrected chi connectivity index (χ3v) is 22.7. The lowest BCUT2D eigenvalue weighted by Gasteiger charge is -2.23. The van der Waals surface area contributed by atoms with E-state index in [9.17, 15) is 37.8 Å². The topological polar surface area (TPSA) is 149 Å². The number of aryl methyl sites for hydroxylation is 4. The molecule has 3 amide bonds. The highest BCUT2D eigenvalue weighted by Crippen LogP contribution is 2.46. The number of fused-ring (bicyclic) bond motifs is 6. The number of ether oxygens (including phenoxy) is 1. The van der Waals surface area contributed by atoms with Crippen LogP contribution in [0.25, 0.3) is 57.0 Å². The lowest BCUT2D eigenvalue weighted by atomic mass is 9.93. The van der Waals surface area contributed by atoms with E-state index in [0.717, 1.165) is 104 Å². The number of rotatable bonds is 17. The summed E-state index contributed by atoms with van der Waals surface area (Å²) in [6, 6.07) is 62.6. The van der Waals surface area contributed by atoms with Crippen molar-refractivity contribution in [1.29, 1.82) is 0 Å². The Morgan fingerprint density at radius 3 is 1.36 bits per heavy atom. The average Bonchev–Trinajstić information content (AvgIpc) is 1.54. The van der Waals surface area contributed by atoms with E-state index < -0.39 is 6.10 Å². The molecule has 0 aliphatic carbocycles. The summed E-state index contributed by atoms with van der Waals surface area (Å²) in [5.74, 6) is -1.18. The molecule has 3 aliphatic rings. The summed E-state index contributed by atoms with van der Waals surface area (Å²) >= 11 is 8.66. The number of amides is 3. The van der Waals surface area contributed by atoms with Crippen LogP contribution in [0.2, 0.25) is 0 Å². The lowest BCUT2D eigenvalue weighted by Crippen LogP contribution is -2.23. The van der Waals surface area contributed by atoms with E-state index in [-0.39, 0.29) is 46.7 Å². The smallest absolute Gasteiger partial charge is 0.258 e. The number of hydrogen-bond acceptors (Lipinski definition) is 12. The largest absolute Gasteiger partial charge is 0.505 e. The molecule has 526 valence electrons. The SMILES string of the molecule is Cc1ccc(/C=C/c2c3c(c(O)c4ncccc24)C(=O)N(Cc2ccc(F)cc2)C3)s1.Cc1ccc(CCc2c3c(c(O)c4ncccc24)C(=O)N(Cc2ccc(F)cc2)C3)s1.O=C1c2c(c(/C=C/c3ccc(Br)s3)c3cccnc3c2OC(c2ccccc2)c2ccccc2)CN1Cc1ccc(F)cc1. The standard InChI is InChI=1S/C37H26BrFN2O2S.C25H21FN2O2S.C25H19FN2O2S/c38-32-20-18-28(44-32)17-19-29-30-12-7-21-40-34(30)36(43-35(25-8-3-1-4-9-25)26-10-5-2-6-11-26)33-31(29)23-41(37(33)42)22-24-13-15-27(39)16-14-24;2*1-15-4-9-18(31-15)10-11-19-20-3-2-12-27-23(20)24(29)22-21(19)14-28(25(22)30)13-16-5-7-17(26)8-6-16/h1-21,35H,22-23H2;2-9,12,29H,10-11,13-14H2,1H3;2-12,29H,13-14H2,1H3/b19-17+;;11-10+. The molecule has 0 fully saturated rings. The first-order valence-electron chi connectivity index (χ1n) is 34.4. The molecule has 9 heterocycles. The van der Waals surface area contributed by atoms with Crippen molar-refractivity contribution in [2.24, 2.45) is 0 Å². The minimum atomic E-state index is -0.462.